The van der Waals surface area contributed by atoms with E-state index >= 15 is 0 Å². The van der Waals surface area contributed by atoms with Gasteiger partial charge in [0.25, 0.3) is 5.56 Å². The molecule has 96 valence electrons. The zero-order chi connectivity index (χ0) is 13.2. The number of benzene rings is 1. The number of hydrogen-bond donors (Lipinski definition) is 3. The molecule has 8 heteroatoms. The zero-order valence-electron chi connectivity index (χ0n) is 9.64. The molecule has 3 aromatic rings. The van der Waals surface area contributed by atoms with Gasteiger partial charge in [-0.3, -0.25) is 9.78 Å². The van der Waals surface area contributed by atoms with Gasteiger partial charge in [-0.1, -0.05) is 23.9 Å². The van der Waals surface area contributed by atoms with E-state index < -0.39 is 11.2 Å². The normalized spacial score (nSPS) is 10.9. The summed E-state index contributed by atoms with van der Waals surface area (Å²) in [6, 6.07) is 7.67. The number of aromatic nitrogens is 5. The number of thioether (sulfide) groups is 1. The Balaban J connectivity index is 1.82. The molecule has 0 aliphatic heterocycles. The zero-order valence-corrected chi connectivity index (χ0v) is 10.5. The van der Waals surface area contributed by atoms with Crippen molar-refractivity contribution in [1.82, 2.24) is 25.1 Å². The second-order valence-electron chi connectivity index (χ2n) is 3.80. The van der Waals surface area contributed by atoms with Crippen LogP contribution < -0.4 is 11.2 Å². The van der Waals surface area contributed by atoms with Crippen LogP contribution in [0.3, 0.4) is 0 Å². The van der Waals surface area contributed by atoms with Crippen molar-refractivity contribution in [3.05, 3.63) is 50.9 Å². The van der Waals surface area contributed by atoms with Crippen LogP contribution in [0.25, 0.3) is 11.0 Å². The van der Waals surface area contributed by atoms with Gasteiger partial charge in [0.2, 0.25) is 0 Å². The Morgan fingerprint density at radius 1 is 1.16 bits per heavy atom. The summed E-state index contributed by atoms with van der Waals surface area (Å²) in [5.74, 6) is 1.22. The number of rotatable bonds is 3. The first kappa shape index (κ1) is 11.7. The molecular weight excluding hydrogens is 266 g/mol. The largest absolute Gasteiger partial charge is 0.342 e. The molecule has 3 rings (SSSR count). The van der Waals surface area contributed by atoms with Gasteiger partial charge >= 0.3 is 5.69 Å². The number of imidazole rings is 1. The molecule has 0 saturated carbocycles. The summed E-state index contributed by atoms with van der Waals surface area (Å²) < 4.78 is 0. The average molecular weight is 275 g/mol. The second-order valence-corrected chi connectivity index (χ2v) is 4.77. The van der Waals surface area contributed by atoms with Crippen LogP contribution in [0.15, 0.2) is 38.9 Å². The van der Waals surface area contributed by atoms with Crippen molar-refractivity contribution in [2.45, 2.75) is 10.8 Å². The van der Waals surface area contributed by atoms with Gasteiger partial charge in [0, 0.05) is 0 Å². The standard InChI is InChI=1S/C11H9N5O2S/c17-9-10(15-16-11(18)14-9)19-5-8-12-6-3-1-2-4-7(6)13-8/h1-4H,5H2,(H,12,13)(H2,14,16,17,18). The average Bonchev–Trinajstić information content (AvgIpc) is 2.80. The van der Waals surface area contributed by atoms with E-state index in [0.29, 0.717) is 5.75 Å². The Morgan fingerprint density at radius 3 is 2.79 bits per heavy atom. The van der Waals surface area contributed by atoms with Crippen molar-refractivity contribution in [2.75, 3.05) is 0 Å². The number of fused-ring (bicyclic) bond motifs is 1. The van der Waals surface area contributed by atoms with Crippen LogP contribution >= 0.6 is 11.8 Å². The molecule has 0 unspecified atom stereocenters. The first-order valence-corrected chi connectivity index (χ1v) is 6.46. The monoisotopic (exact) mass is 275 g/mol. The van der Waals surface area contributed by atoms with Crippen LogP contribution in [0.1, 0.15) is 5.82 Å². The predicted molar refractivity (Wildman–Crippen MR) is 71.1 cm³/mol. The molecule has 0 amide bonds. The van der Waals surface area contributed by atoms with Crippen molar-refractivity contribution in [3.63, 3.8) is 0 Å². The highest BCUT2D eigenvalue weighted by Gasteiger charge is 2.06. The van der Waals surface area contributed by atoms with E-state index in [1.165, 1.54) is 11.8 Å². The smallest absolute Gasteiger partial charge is 0.341 e. The van der Waals surface area contributed by atoms with E-state index in [4.69, 9.17) is 0 Å². The Hall–Kier alpha value is -2.35. The van der Waals surface area contributed by atoms with Crippen LogP contribution in [0, 0.1) is 0 Å². The van der Waals surface area contributed by atoms with Crippen molar-refractivity contribution in [1.29, 1.82) is 0 Å². The summed E-state index contributed by atoms with van der Waals surface area (Å²) in [7, 11) is 0. The maximum Gasteiger partial charge on any atom is 0.342 e. The highest BCUT2D eigenvalue weighted by molar-refractivity contribution is 7.98. The maximum atomic E-state index is 11.4. The van der Waals surface area contributed by atoms with Gasteiger partial charge in [-0.25, -0.2) is 14.9 Å². The SMILES string of the molecule is O=c1[nH]nc(SCc2nc3ccccc3[nH]2)c(=O)[nH]1. The minimum absolute atomic E-state index is 0.208. The Morgan fingerprint density at radius 2 is 2.00 bits per heavy atom. The fourth-order valence-electron chi connectivity index (χ4n) is 1.65. The lowest BCUT2D eigenvalue weighted by atomic mass is 10.3. The van der Waals surface area contributed by atoms with E-state index in [1.54, 1.807) is 0 Å². The molecule has 19 heavy (non-hydrogen) atoms. The number of hydrogen-bond acceptors (Lipinski definition) is 5. The molecule has 0 fully saturated rings. The maximum absolute atomic E-state index is 11.4. The van der Waals surface area contributed by atoms with E-state index in [2.05, 4.69) is 25.1 Å². The second kappa shape index (κ2) is 4.73. The molecule has 0 saturated heterocycles. The molecule has 7 nitrogen and oxygen atoms in total. The molecule has 3 N–H and O–H groups in total. The summed E-state index contributed by atoms with van der Waals surface area (Å²) in [6.45, 7) is 0. The molecule has 2 aromatic heterocycles. The van der Waals surface area contributed by atoms with Crippen LogP contribution in [-0.2, 0) is 5.75 Å². The van der Waals surface area contributed by atoms with Crippen LogP contribution in [-0.4, -0.2) is 25.1 Å². The number of nitrogens with one attached hydrogen (secondary N) is 3. The molecule has 0 bridgehead atoms. The number of para-hydroxylation sites is 2. The Labute approximate surface area is 110 Å². The van der Waals surface area contributed by atoms with Gasteiger partial charge < -0.3 is 4.98 Å². The summed E-state index contributed by atoms with van der Waals surface area (Å²) in [4.78, 5) is 31.9. The third-order valence-electron chi connectivity index (χ3n) is 2.46. The molecule has 2 heterocycles. The molecule has 0 aliphatic rings. The van der Waals surface area contributed by atoms with Crippen molar-refractivity contribution in [3.8, 4) is 0 Å². The summed E-state index contributed by atoms with van der Waals surface area (Å²) in [5, 5.41) is 6.09. The summed E-state index contributed by atoms with van der Waals surface area (Å²) in [5.41, 5.74) is 0.714. The first-order valence-electron chi connectivity index (χ1n) is 5.48. The third kappa shape index (κ3) is 2.43. The summed E-state index contributed by atoms with van der Waals surface area (Å²) >= 11 is 1.21. The topological polar surface area (TPSA) is 107 Å². The van der Waals surface area contributed by atoms with E-state index in [9.17, 15) is 9.59 Å². The molecule has 0 radical (unpaired) electrons. The quantitative estimate of drug-likeness (QED) is 0.608. The highest BCUT2D eigenvalue weighted by Crippen LogP contribution is 2.17. The lowest BCUT2D eigenvalue weighted by Gasteiger charge is -1.95. The van der Waals surface area contributed by atoms with E-state index in [-0.39, 0.29) is 5.03 Å². The van der Waals surface area contributed by atoms with Crippen molar-refractivity contribution in [2.24, 2.45) is 0 Å². The van der Waals surface area contributed by atoms with Gasteiger partial charge in [0.1, 0.15) is 5.82 Å². The van der Waals surface area contributed by atoms with Crippen molar-refractivity contribution >= 4 is 22.8 Å². The van der Waals surface area contributed by atoms with E-state index in [1.807, 2.05) is 24.3 Å². The highest BCUT2D eigenvalue weighted by atomic mass is 32.2. The molecular formula is C11H9N5O2S. The Bertz CT molecular complexity index is 801. The minimum Gasteiger partial charge on any atom is -0.341 e. The predicted octanol–water partition coefficient (Wildman–Crippen LogP) is 0.627. The lowest BCUT2D eigenvalue weighted by molar-refractivity contribution is 0.806. The number of nitrogens with zero attached hydrogens (tertiary/aromatic N) is 2. The Kier molecular flexibility index (Phi) is 2.92. The summed E-state index contributed by atoms with van der Waals surface area (Å²) in [6.07, 6.45) is 0. The van der Waals surface area contributed by atoms with Crippen LogP contribution in [0.4, 0.5) is 0 Å². The third-order valence-corrected chi connectivity index (χ3v) is 3.43. The van der Waals surface area contributed by atoms with Crippen LogP contribution in [0.5, 0.6) is 0 Å². The lowest BCUT2D eigenvalue weighted by Crippen LogP contribution is -2.25. The molecule has 0 aliphatic carbocycles. The van der Waals surface area contributed by atoms with Crippen LogP contribution in [0.2, 0.25) is 0 Å². The molecule has 0 spiro atoms. The van der Waals surface area contributed by atoms with Crippen molar-refractivity contribution < 1.29 is 0 Å². The molecule has 0 atom stereocenters. The van der Waals surface area contributed by atoms with Gasteiger partial charge in [-0.15, -0.1) is 0 Å². The van der Waals surface area contributed by atoms with Gasteiger partial charge in [-0.05, 0) is 12.1 Å². The van der Waals surface area contributed by atoms with Gasteiger partial charge in [-0.2, -0.15) is 5.10 Å². The van der Waals surface area contributed by atoms with E-state index in [0.717, 1.165) is 16.9 Å². The van der Waals surface area contributed by atoms with Gasteiger partial charge in [0.05, 0.1) is 16.8 Å². The van der Waals surface area contributed by atoms with Gasteiger partial charge in [0.15, 0.2) is 5.03 Å². The number of H-pyrrole nitrogens is 3. The number of aromatic amines is 3. The molecule has 1 aromatic carbocycles. The fourth-order valence-corrected chi connectivity index (χ4v) is 2.35. The minimum atomic E-state index is -0.613. The first-order chi connectivity index (χ1) is 9.22. The fraction of sp³-hybridized carbons (Fsp3) is 0.0909.